The standard InChI is InChI=1S/C37H48N6O8S/c1-24(2)21-43(52(48,49)27-17-18-28-29(20-27)40-34(39-28)42-35(46)50-6)22-31(44)30(19-25-13-9-7-10-14-25)38-33(45)32(37(3,4)5)41-36(47)51-23-26-15-11-8-12-16-26/h7-18,20,24,30-32,44H,19,21-23H2,1-6H3,(H,38,45)(H,41,47)(H2,39,40,42,46)/t30-,31+,32+/m0/s1. The van der Waals surface area contributed by atoms with Crippen molar-refractivity contribution in [2.75, 3.05) is 25.5 Å². The van der Waals surface area contributed by atoms with Crippen molar-refractivity contribution < 1.29 is 37.4 Å². The van der Waals surface area contributed by atoms with Gasteiger partial charge in [-0.2, -0.15) is 4.31 Å². The third-order valence-electron chi connectivity index (χ3n) is 8.15. The molecular formula is C37H48N6O8S. The van der Waals surface area contributed by atoms with Gasteiger partial charge in [-0.25, -0.2) is 23.0 Å². The fourth-order valence-corrected chi connectivity index (χ4v) is 7.14. The molecule has 4 rings (SSSR count). The molecule has 4 aromatic rings. The number of amides is 3. The Morgan fingerprint density at radius 3 is 2.13 bits per heavy atom. The number of hydrogen-bond donors (Lipinski definition) is 5. The van der Waals surface area contributed by atoms with E-state index in [0.29, 0.717) is 11.0 Å². The van der Waals surface area contributed by atoms with Gasteiger partial charge in [0, 0.05) is 13.1 Å². The normalized spacial score (nSPS) is 13.7. The highest BCUT2D eigenvalue weighted by Gasteiger charge is 2.37. The lowest BCUT2D eigenvalue weighted by Gasteiger charge is -2.34. The number of anilines is 1. The van der Waals surface area contributed by atoms with Crippen LogP contribution < -0.4 is 16.0 Å². The van der Waals surface area contributed by atoms with Crippen LogP contribution in [0.5, 0.6) is 0 Å². The van der Waals surface area contributed by atoms with Crippen molar-refractivity contribution in [3.63, 3.8) is 0 Å². The van der Waals surface area contributed by atoms with Crippen molar-refractivity contribution in [3.05, 3.63) is 90.0 Å². The van der Waals surface area contributed by atoms with E-state index in [1.807, 2.05) is 74.5 Å². The van der Waals surface area contributed by atoms with Crippen LogP contribution in [0.25, 0.3) is 11.0 Å². The van der Waals surface area contributed by atoms with Gasteiger partial charge in [0.15, 0.2) is 0 Å². The molecule has 0 aliphatic heterocycles. The first-order chi connectivity index (χ1) is 24.6. The molecule has 0 bridgehead atoms. The number of aliphatic hydroxyl groups is 1. The van der Waals surface area contributed by atoms with Crippen LogP contribution in [0.2, 0.25) is 0 Å². The van der Waals surface area contributed by atoms with Crippen LogP contribution in [-0.2, 0) is 37.3 Å². The van der Waals surface area contributed by atoms with Gasteiger partial charge in [0.2, 0.25) is 21.9 Å². The number of aromatic amines is 1. The molecule has 15 heteroatoms. The molecular weight excluding hydrogens is 689 g/mol. The van der Waals surface area contributed by atoms with E-state index in [1.165, 1.54) is 29.6 Å². The Balaban J connectivity index is 1.58. The molecule has 52 heavy (non-hydrogen) atoms. The average Bonchev–Trinajstić information content (AvgIpc) is 3.50. The number of imidazole rings is 1. The third-order valence-corrected chi connectivity index (χ3v) is 9.98. The Kier molecular flexibility index (Phi) is 13.4. The number of methoxy groups -OCH3 is 1. The van der Waals surface area contributed by atoms with Crippen LogP contribution >= 0.6 is 0 Å². The minimum absolute atomic E-state index is 0.0134. The fourth-order valence-electron chi connectivity index (χ4n) is 5.49. The van der Waals surface area contributed by atoms with Gasteiger partial charge in [-0.05, 0) is 47.1 Å². The molecule has 1 aromatic heterocycles. The van der Waals surface area contributed by atoms with E-state index in [-0.39, 0.29) is 42.9 Å². The van der Waals surface area contributed by atoms with Crippen molar-refractivity contribution >= 4 is 45.1 Å². The molecule has 3 aromatic carbocycles. The van der Waals surface area contributed by atoms with Gasteiger partial charge in [-0.3, -0.25) is 10.1 Å². The lowest BCUT2D eigenvalue weighted by molar-refractivity contribution is -0.127. The molecule has 14 nitrogen and oxygen atoms in total. The number of aliphatic hydroxyl groups excluding tert-OH is 1. The Morgan fingerprint density at radius 2 is 1.54 bits per heavy atom. The number of benzene rings is 3. The van der Waals surface area contributed by atoms with Gasteiger partial charge >= 0.3 is 12.2 Å². The van der Waals surface area contributed by atoms with Gasteiger partial charge < -0.3 is 30.2 Å². The maximum atomic E-state index is 14.1. The zero-order valence-electron chi connectivity index (χ0n) is 30.3. The summed E-state index contributed by atoms with van der Waals surface area (Å²) in [5.74, 6) is -0.603. The maximum Gasteiger partial charge on any atom is 0.413 e. The van der Waals surface area contributed by atoms with E-state index in [4.69, 9.17) is 4.74 Å². The number of nitrogens with one attached hydrogen (secondary N) is 4. The van der Waals surface area contributed by atoms with Crippen molar-refractivity contribution in [1.29, 1.82) is 0 Å². The molecule has 3 atom stereocenters. The summed E-state index contributed by atoms with van der Waals surface area (Å²) in [6.45, 7) is 8.83. The van der Waals surface area contributed by atoms with E-state index >= 15 is 0 Å². The molecule has 0 aliphatic carbocycles. The van der Waals surface area contributed by atoms with Crippen LogP contribution in [0.1, 0.15) is 45.7 Å². The largest absolute Gasteiger partial charge is 0.453 e. The highest BCUT2D eigenvalue weighted by atomic mass is 32.2. The smallest absolute Gasteiger partial charge is 0.413 e. The zero-order valence-corrected chi connectivity index (χ0v) is 31.1. The van der Waals surface area contributed by atoms with Crippen LogP contribution in [-0.4, -0.2) is 84.3 Å². The number of hydrogen-bond acceptors (Lipinski definition) is 9. The predicted octanol–water partition coefficient (Wildman–Crippen LogP) is 4.82. The number of nitrogens with zero attached hydrogens (tertiary/aromatic N) is 2. The number of ether oxygens (including phenoxy) is 2. The van der Waals surface area contributed by atoms with Crippen molar-refractivity contribution in [2.45, 2.75) is 70.7 Å². The Morgan fingerprint density at radius 1 is 0.904 bits per heavy atom. The lowest BCUT2D eigenvalue weighted by Crippen LogP contribution is -2.58. The number of carbonyl (C=O) groups is 3. The minimum Gasteiger partial charge on any atom is -0.453 e. The molecule has 1 heterocycles. The summed E-state index contributed by atoms with van der Waals surface area (Å²) < 4.78 is 39.5. The van der Waals surface area contributed by atoms with Gasteiger partial charge in [0.1, 0.15) is 12.6 Å². The summed E-state index contributed by atoms with van der Waals surface area (Å²) >= 11 is 0. The quantitative estimate of drug-likeness (QED) is 0.114. The number of H-pyrrole nitrogens is 1. The van der Waals surface area contributed by atoms with Crippen molar-refractivity contribution in [2.24, 2.45) is 11.3 Å². The minimum atomic E-state index is -4.19. The van der Waals surface area contributed by atoms with E-state index in [1.54, 1.807) is 20.8 Å². The van der Waals surface area contributed by atoms with Gasteiger partial charge in [-0.1, -0.05) is 95.3 Å². The van der Waals surface area contributed by atoms with Crippen LogP contribution in [0, 0.1) is 11.3 Å². The van der Waals surface area contributed by atoms with Crippen LogP contribution in [0.4, 0.5) is 15.5 Å². The molecule has 0 aliphatic rings. The van der Waals surface area contributed by atoms with Crippen molar-refractivity contribution in [1.82, 2.24) is 24.9 Å². The fraction of sp³-hybridized carbons (Fsp3) is 0.405. The molecule has 280 valence electrons. The second-order valence-electron chi connectivity index (χ2n) is 14.0. The molecule has 0 unspecified atom stereocenters. The van der Waals surface area contributed by atoms with Gasteiger partial charge in [0.25, 0.3) is 0 Å². The van der Waals surface area contributed by atoms with E-state index < -0.39 is 51.7 Å². The summed E-state index contributed by atoms with van der Waals surface area (Å²) in [6.07, 6.45) is -2.71. The number of alkyl carbamates (subject to hydrolysis) is 1. The predicted molar refractivity (Wildman–Crippen MR) is 197 cm³/mol. The second kappa shape index (κ2) is 17.5. The van der Waals surface area contributed by atoms with Gasteiger partial charge in [0.05, 0.1) is 35.2 Å². The average molecular weight is 737 g/mol. The number of carbonyl (C=O) groups excluding carboxylic acids is 3. The summed E-state index contributed by atoms with van der Waals surface area (Å²) in [5, 5.41) is 19.8. The topological polar surface area (TPSA) is 192 Å². The lowest BCUT2D eigenvalue weighted by atomic mass is 9.85. The Bertz CT molecular complexity index is 1910. The first-order valence-electron chi connectivity index (χ1n) is 16.9. The monoisotopic (exact) mass is 736 g/mol. The number of fused-ring (bicyclic) bond motifs is 1. The number of aromatic nitrogens is 2. The van der Waals surface area contributed by atoms with Crippen LogP contribution in [0.15, 0.2) is 83.8 Å². The van der Waals surface area contributed by atoms with Gasteiger partial charge in [-0.15, -0.1) is 0 Å². The summed E-state index contributed by atoms with van der Waals surface area (Å²) in [5.41, 5.74) is 1.59. The highest BCUT2D eigenvalue weighted by molar-refractivity contribution is 7.89. The van der Waals surface area contributed by atoms with E-state index in [9.17, 15) is 27.9 Å². The molecule has 3 amide bonds. The summed E-state index contributed by atoms with van der Waals surface area (Å²) in [7, 11) is -2.98. The maximum absolute atomic E-state index is 14.1. The van der Waals surface area contributed by atoms with Crippen molar-refractivity contribution in [3.8, 4) is 0 Å². The third kappa shape index (κ3) is 11.0. The number of sulfonamides is 1. The molecule has 0 saturated heterocycles. The first-order valence-corrected chi connectivity index (χ1v) is 18.3. The first kappa shape index (κ1) is 39.8. The molecule has 0 radical (unpaired) electrons. The SMILES string of the molecule is COC(=O)Nc1nc2ccc(S(=O)(=O)N(CC(C)C)C[C@@H](O)[C@H](Cc3ccccc3)NC(=O)[C@@H](NC(=O)OCc3ccccc3)C(C)(C)C)cc2[nH]1. The number of rotatable bonds is 15. The zero-order chi connectivity index (χ0) is 38.1. The molecule has 0 fully saturated rings. The second-order valence-corrected chi connectivity index (χ2v) is 15.9. The highest BCUT2D eigenvalue weighted by Crippen LogP contribution is 2.25. The van der Waals surface area contributed by atoms with E-state index in [0.717, 1.165) is 11.1 Å². The Labute approximate surface area is 304 Å². The van der Waals surface area contributed by atoms with Crippen LogP contribution in [0.3, 0.4) is 0 Å². The molecule has 0 saturated carbocycles. The Hall–Kier alpha value is -4.99. The molecule has 0 spiro atoms. The van der Waals surface area contributed by atoms with E-state index in [2.05, 4.69) is 30.7 Å². The summed E-state index contributed by atoms with van der Waals surface area (Å²) in [4.78, 5) is 45.5. The molecule has 5 N–H and O–H groups in total. The summed E-state index contributed by atoms with van der Waals surface area (Å²) in [6, 6.07) is 20.6.